The van der Waals surface area contributed by atoms with E-state index in [0.717, 1.165) is 6.92 Å². The van der Waals surface area contributed by atoms with E-state index in [1.807, 2.05) is 5.32 Å². The molecule has 1 rings (SSSR count). The third-order valence-electron chi connectivity index (χ3n) is 2.04. The zero-order chi connectivity index (χ0) is 13.9. The first kappa shape index (κ1) is 13.9. The van der Waals surface area contributed by atoms with Crippen molar-refractivity contribution in [2.45, 2.75) is 25.7 Å². The smallest absolute Gasteiger partial charge is 0.360 e. The molecule has 100 valence electrons. The summed E-state index contributed by atoms with van der Waals surface area (Å²) in [5, 5.41) is 3.37. The van der Waals surface area contributed by atoms with Crippen LogP contribution in [0.5, 0.6) is 0 Å². The second kappa shape index (κ2) is 4.98. The molecule has 0 aromatic heterocycles. The third-order valence-corrected chi connectivity index (χ3v) is 2.04. The molecule has 0 aromatic rings. The highest BCUT2D eigenvalue weighted by atomic mass is 19.1. The van der Waals surface area contributed by atoms with Gasteiger partial charge in [0.15, 0.2) is 0 Å². The Balaban J connectivity index is 3.06. The molecule has 0 radical (unpaired) electrons. The Morgan fingerprint density at radius 2 is 2.06 bits per heavy atom. The van der Waals surface area contributed by atoms with Gasteiger partial charge in [-0.25, -0.2) is 14.0 Å². The summed E-state index contributed by atoms with van der Waals surface area (Å²) in [6.07, 6.45) is -2.06. The number of hydrogen-bond acceptors (Lipinski definition) is 6. The lowest BCUT2D eigenvalue weighted by Crippen LogP contribution is -2.71. The minimum atomic E-state index is -3.31. The van der Waals surface area contributed by atoms with Crippen molar-refractivity contribution in [3.8, 4) is 0 Å². The van der Waals surface area contributed by atoms with Gasteiger partial charge in [0.2, 0.25) is 6.23 Å². The predicted octanol–water partition coefficient (Wildman–Crippen LogP) is -1.01. The fourth-order valence-corrected chi connectivity index (χ4v) is 1.28. The zero-order valence-corrected chi connectivity index (χ0v) is 9.61. The first-order chi connectivity index (χ1) is 8.32. The summed E-state index contributed by atoms with van der Waals surface area (Å²) in [5.74, 6) is -4.06. The van der Waals surface area contributed by atoms with Crippen molar-refractivity contribution in [3.05, 3.63) is 0 Å². The highest BCUT2D eigenvalue weighted by Crippen LogP contribution is 2.23. The summed E-state index contributed by atoms with van der Waals surface area (Å²) in [7, 11) is 0. The van der Waals surface area contributed by atoms with Gasteiger partial charge in [0.05, 0.1) is 6.61 Å². The van der Waals surface area contributed by atoms with Crippen molar-refractivity contribution in [1.82, 2.24) is 10.6 Å². The van der Waals surface area contributed by atoms with Gasteiger partial charge in [-0.05, 0) is 6.92 Å². The van der Waals surface area contributed by atoms with Crippen LogP contribution in [-0.2, 0) is 23.9 Å². The van der Waals surface area contributed by atoms with E-state index in [2.05, 4.69) is 9.47 Å². The maximum atomic E-state index is 14.4. The number of amides is 3. The van der Waals surface area contributed by atoms with E-state index >= 15 is 0 Å². The van der Waals surface area contributed by atoms with Crippen molar-refractivity contribution in [2.75, 3.05) is 6.61 Å². The van der Waals surface area contributed by atoms with Crippen molar-refractivity contribution in [1.29, 1.82) is 0 Å². The number of esters is 2. The minimum Gasteiger partial charge on any atom is -0.463 e. The molecule has 8 nitrogen and oxygen atoms in total. The van der Waals surface area contributed by atoms with Crippen LogP contribution in [0.2, 0.25) is 0 Å². The molecule has 0 bridgehead atoms. The van der Waals surface area contributed by atoms with Gasteiger partial charge in [0, 0.05) is 6.92 Å². The summed E-state index contributed by atoms with van der Waals surface area (Å²) in [6, 6.07) is -1.08. The summed E-state index contributed by atoms with van der Waals surface area (Å²) in [5.41, 5.74) is -3.31. The van der Waals surface area contributed by atoms with Crippen LogP contribution in [0.25, 0.3) is 0 Å². The Bertz CT molecular complexity index is 410. The fraction of sp³-hybridized carbons (Fsp3) is 0.556. The largest absolute Gasteiger partial charge is 0.463 e. The van der Waals surface area contributed by atoms with E-state index < -0.39 is 35.8 Å². The molecule has 0 aliphatic carbocycles. The predicted molar refractivity (Wildman–Crippen MR) is 52.7 cm³/mol. The highest BCUT2D eigenvalue weighted by molar-refractivity contribution is 6.14. The molecule has 9 heteroatoms. The number of hydrogen-bond donors (Lipinski definition) is 2. The molecular formula is C9H11FN2O6. The van der Waals surface area contributed by atoms with Crippen molar-refractivity contribution >= 4 is 23.9 Å². The molecule has 1 aliphatic heterocycles. The van der Waals surface area contributed by atoms with Crippen LogP contribution < -0.4 is 10.6 Å². The maximum absolute atomic E-state index is 14.4. The Morgan fingerprint density at radius 3 is 2.56 bits per heavy atom. The zero-order valence-electron chi connectivity index (χ0n) is 9.61. The van der Waals surface area contributed by atoms with Crippen LogP contribution in [0.4, 0.5) is 9.18 Å². The lowest BCUT2D eigenvalue weighted by Gasteiger charge is -2.33. The Morgan fingerprint density at radius 1 is 1.44 bits per heavy atom. The molecule has 1 saturated heterocycles. The second-order valence-electron chi connectivity index (χ2n) is 3.35. The Labute approximate surface area is 101 Å². The van der Waals surface area contributed by atoms with Crippen LogP contribution in [0.3, 0.4) is 0 Å². The van der Waals surface area contributed by atoms with Crippen LogP contribution in [-0.4, -0.2) is 42.4 Å². The number of ether oxygens (including phenoxy) is 2. The second-order valence-corrected chi connectivity index (χ2v) is 3.35. The van der Waals surface area contributed by atoms with Crippen molar-refractivity contribution < 1.29 is 33.0 Å². The van der Waals surface area contributed by atoms with Crippen LogP contribution in [0.1, 0.15) is 13.8 Å². The molecule has 3 amide bonds. The molecule has 18 heavy (non-hydrogen) atoms. The lowest BCUT2D eigenvalue weighted by molar-refractivity contribution is -0.182. The number of urea groups is 1. The third kappa shape index (κ3) is 2.39. The van der Waals surface area contributed by atoms with E-state index in [4.69, 9.17) is 0 Å². The average Bonchev–Trinajstić information content (AvgIpc) is 2.24. The van der Waals surface area contributed by atoms with Gasteiger partial charge in [-0.3, -0.25) is 20.2 Å². The fourth-order valence-electron chi connectivity index (χ4n) is 1.28. The summed E-state index contributed by atoms with van der Waals surface area (Å²) >= 11 is 0. The number of halogens is 1. The van der Waals surface area contributed by atoms with E-state index in [1.165, 1.54) is 6.92 Å². The van der Waals surface area contributed by atoms with Crippen LogP contribution >= 0.6 is 0 Å². The number of carbonyl (C=O) groups excluding carboxylic acids is 4. The van der Waals surface area contributed by atoms with Crippen LogP contribution in [0.15, 0.2) is 0 Å². The molecule has 1 fully saturated rings. The van der Waals surface area contributed by atoms with Gasteiger partial charge in [0.1, 0.15) is 0 Å². The van der Waals surface area contributed by atoms with Crippen LogP contribution in [0, 0.1) is 0 Å². The molecule has 1 heterocycles. The lowest BCUT2D eigenvalue weighted by atomic mass is 10.0. The summed E-state index contributed by atoms with van der Waals surface area (Å²) in [4.78, 5) is 44.6. The summed E-state index contributed by atoms with van der Waals surface area (Å²) < 4.78 is 23.2. The first-order valence-corrected chi connectivity index (χ1v) is 4.97. The molecule has 0 aromatic carbocycles. The number of imide groups is 1. The van der Waals surface area contributed by atoms with Gasteiger partial charge >= 0.3 is 23.6 Å². The van der Waals surface area contributed by atoms with Crippen molar-refractivity contribution in [3.63, 3.8) is 0 Å². The molecule has 0 saturated carbocycles. The van der Waals surface area contributed by atoms with E-state index in [1.54, 1.807) is 5.32 Å². The first-order valence-electron chi connectivity index (χ1n) is 4.97. The number of nitrogens with one attached hydrogen (secondary N) is 2. The normalized spacial score (nSPS) is 26.9. The maximum Gasteiger partial charge on any atom is 0.360 e. The summed E-state index contributed by atoms with van der Waals surface area (Å²) in [6.45, 7) is 2.16. The molecular weight excluding hydrogens is 251 g/mol. The van der Waals surface area contributed by atoms with Gasteiger partial charge in [-0.1, -0.05) is 0 Å². The molecule has 2 atom stereocenters. The van der Waals surface area contributed by atoms with Crippen molar-refractivity contribution in [2.24, 2.45) is 0 Å². The van der Waals surface area contributed by atoms with E-state index in [-0.39, 0.29) is 6.61 Å². The van der Waals surface area contributed by atoms with Gasteiger partial charge in [-0.15, -0.1) is 0 Å². The number of carbonyl (C=O) groups is 4. The van der Waals surface area contributed by atoms with E-state index in [9.17, 15) is 23.6 Å². The Hall–Kier alpha value is -2.19. The molecule has 1 aliphatic rings. The highest BCUT2D eigenvalue weighted by Gasteiger charge is 2.61. The molecule has 2 unspecified atom stereocenters. The number of rotatable bonds is 3. The topological polar surface area (TPSA) is 111 Å². The van der Waals surface area contributed by atoms with Gasteiger partial charge in [-0.2, -0.15) is 0 Å². The monoisotopic (exact) mass is 262 g/mol. The molecule has 0 spiro atoms. The average molecular weight is 262 g/mol. The SMILES string of the molecule is CCOC(=O)C1(F)C(=O)NC(=O)NC1OC(C)=O. The van der Waals surface area contributed by atoms with E-state index in [0.29, 0.717) is 0 Å². The molecule has 2 N–H and O–H groups in total. The minimum absolute atomic E-state index is 0.182. The number of alkyl halides is 1. The van der Waals surface area contributed by atoms with Gasteiger partial charge in [0.25, 0.3) is 5.91 Å². The quantitative estimate of drug-likeness (QED) is 0.498. The standard InChI is InChI=1S/C9H11FN2O6/c1-3-17-7(15)9(10)5(14)11-8(16)12-6(9)18-4(2)13/h6H,3H2,1-2H3,(H2,11,12,14,16). The van der Waals surface area contributed by atoms with Gasteiger partial charge < -0.3 is 9.47 Å². The Kier molecular flexibility index (Phi) is 3.84.